The number of rotatable bonds is 5. The number of hydrogen-bond donors (Lipinski definition) is 2. The second-order valence-corrected chi connectivity index (χ2v) is 8.93. The smallest absolute Gasteiger partial charge is 0.338 e. The van der Waals surface area contributed by atoms with Gasteiger partial charge in [0.2, 0.25) is 5.91 Å². The van der Waals surface area contributed by atoms with Crippen LogP contribution in [0.1, 0.15) is 50.4 Å². The summed E-state index contributed by atoms with van der Waals surface area (Å²) in [5.74, 6) is -1.32. The molecule has 0 bridgehead atoms. The molecule has 1 aliphatic carbocycles. The Morgan fingerprint density at radius 1 is 1.18 bits per heavy atom. The number of benzene rings is 1. The van der Waals surface area contributed by atoms with E-state index in [2.05, 4.69) is 6.92 Å². The largest absolute Gasteiger partial charge is 0.478 e. The summed E-state index contributed by atoms with van der Waals surface area (Å²) < 4.78 is 0. The molecule has 5 nitrogen and oxygen atoms in total. The summed E-state index contributed by atoms with van der Waals surface area (Å²) in [6.45, 7) is 5.84. The van der Waals surface area contributed by atoms with Crippen molar-refractivity contribution in [2.75, 3.05) is 4.90 Å². The highest BCUT2D eigenvalue weighted by Crippen LogP contribution is 2.40. The van der Waals surface area contributed by atoms with Gasteiger partial charge in [-0.1, -0.05) is 37.3 Å². The predicted octanol–water partition coefficient (Wildman–Crippen LogP) is 4.65. The third kappa shape index (κ3) is 4.13. The second-order valence-electron chi connectivity index (χ2n) is 7.89. The van der Waals surface area contributed by atoms with E-state index in [1.54, 1.807) is 11.0 Å². The van der Waals surface area contributed by atoms with E-state index in [1.807, 2.05) is 44.2 Å². The van der Waals surface area contributed by atoms with Crippen molar-refractivity contribution >= 4 is 28.2 Å². The lowest BCUT2D eigenvalue weighted by Gasteiger charge is -2.35. The van der Waals surface area contributed by atoms with Crippen LogP contribution in [0.4, 0.5) is 5.00 Å². The minimum Gasteiger partial charge on any atom is -0.478 e. The highest BCUT2D eigenvalue weighted by atomic mass is 32.1. The molecule has 2 aromatic rings. The first kappa shape index (κ1) is 20.6. The van der Waals surface area contributed by atoms with E-state index in [0.29, 0.717) is 23.8 Å². The molecule has 150 valence electrons. The fourth-order valence-electron chi connectivity index (χ4n) is 3.86. The molecule has 3 atom stereocenters. The minimum absolute atomic E-state index is 0.129. The number of carboxylic acids is 1. The summed E-state index contributed by atoms with van der Waals surface area (Å²) in [5.41, 5.74) is 1.05. The molecule has 28 heavy (non-hydrogen) atoms. The van der Waals surface area contributed by atoms with Crippen molar-refractivity contribution in [2.45, 2.75) is 52.2 Å². The maximum absolute atomic E-state index is 13.4. The summed E-state index contributed by atoms with van der Waals surface area (Å²) in [6.07, 6.45) is 1.45. The lowest BCUT2D eigenvalue weighted by atomic mass is 9.80. The Morgan fingerprint density at radius 2 is 1.86 bits per heavy atom. The first-order valence-corrected chi connectivity index (χ1v) is 10.5. The molecule has 1 heterocycles. The van der Waals surface area contributed by atoms with Crippen LogP contribution in [-0.2, 0) is 4.79 Å². The number of carboxylic acid groups (broad SMARTS) is 1. The summed E-state index contributed by atoms with van der Waals surface area (Å²) in [7, 11) is 0. The molecule has 0 radical (unpaired) electrons. The van der Waals surface area contributed by atoms with E-state index in [0.717, 1.165) is 16.9 Å². The van der Waals surface area contributed by atoms with Crippen LogP contribution in [0.3, 0.4) is 0 Å². The van der Waals surface area contributed by atoms with Crippen LogP contribution in [0.5, 0.6) is 0 Å². The van der Waals surface area contributed by atoms with Gasteiger partial charge in [0.1, 0.15) is 5.00 Å². The topological polar surface area (TPSA) is 77.8 Å². The Hall–Kier alpha value is -2.18. The molecular weight excluding hydrogens is 374 g/mol. The highest BCUT2D eigenvalue weighted by molar-refractivity contribution is 7.20. The Balaban J connectivity index is 2.01. The number of aliphatic hydroxyl groups is 1. The predicted molar refractivity (Wildman–Crippen MR) is 112 cm³/mol. The van der Waals surface area contributed by atoms with Gasteiger partial charge in [-0.15, -0.1) is 11.3 Å². The quantitative estimate of drug-likeness (QED) is 0.764. The van der Waals surface area contributed by atoms with Gasteiger partial charge >= 0.3 is 5.97 Å². The number of nitrogens with zero attached hydrogens (tertiary/aromatic N) is 1. The molecule has 1 aromatic heterocycles. The number of aromatic carboxylic acids is 1. The summed E-state index contributed by atoms with van der Waals surface area (Å²) in [4.78, 5) is 27.7. The van der Waals surface area contributed by atoms with Gasteiger partial charge in [-0.3, -0.25) is 4.79 Å². The molecule has 1 amide bonds. The van der Waals surface area contributed by atoms with Gasteiger partial charge in [-0.05, 0) is 50.7 Å². The Morgan fingerprint density at radius 3 is 2.43 bits per heavy atom. The standard InChI is InChI=1S/C22H27NO4S/c1-13(2)23(20(25)16-10-9-14(3)11-18(16)24)21-17(22(26)27)12-19(28-21)15-7-5-4-6-8-15/h4-8,12-14,16,18,24H,9-11H2,1-3H3,(H,26,27)/t14-,16-,18+/m0/s1. The number of amides is 1. The molecule has 1 saturated carbocycles. The normalized spacial score (nSPS) is 22.2. The molecule has 1 aliphatic rings. The number of carbonyl (C=O) groups is 2. The summed E-state index contributed by atoms with van der Waals surface area (Å²) >= 11 is 1.31. The van der Waals surface area contributed by atoms with Crippen LogP contribution in [-0.4, -0.2) is 34.2 Å². The van der Waals surface area contributed by atoms with Gasteiger partial charge in [0, 0.05) is 10.9 Å². The fourth-order valence-corrected chi connectivity index (χ4v) is 5.16. The molecule has 6 heteroatoms. The van der Waals surface area contributed by atoms with Crippen LogP contribution in [0, 0.1) is 11.8 Å². The average Bonchev–Trinajstić information content (AvgIpc) is 3.07. The van der Waals surface area contributed by atoms with Gasteiger partial charge < -0.3 is 15.1 Å². The Bertz CT molecular complexity index is 845. The van der Waals surface area contributed by atoms with Gasteiger partial charge in [0.25, 0.3) is 0 Å². The van der Waals surface area contributed by atoms with Gasteiger partial charge in [0.15, 0.2) is 0 Å². The zero-order chi connectivity index (χ0) is 20.4. The molecular formula is C22H27NO4S. The lowest BCUT2D eigenvalue weighted by Crippen LogP contribution is -2.46. The summed E-state index contributed by atoms with van der Waals surface area (Å²) in [6, 6.07) is 11.0. The number of hydrogen-bond acceptors (Lipinski definition) is 4. The maximum Gasteiger partial charge on any atom is 0.338 e. The first-order chi connectivity index (χ1) is 13.3. The molecule has 2 N–H and O–H groups in total. The lowest BCUT2D eigenvalue weighted by molar-refractivity contribution is -0.128. The SMILES string of the molecule is CC(C)N(C(=O)[C@H]1CC[C@H](C)C[C@H]1O)c1sc(-c2ccccc2)cc1C(=O)O. The highest BCUT2D eigenvalue weighted by Gasteiger charge is 2.38. The zero-order valence-corrected chi connectivity index (χ0v) is 17.3. The van der Waals surface area contributed by atoms with Crippen LogP contribution in [0.2, 0.25) is 0 Å². The Labute approximate surface area is 169 Å². The maximum atomic E-state index is 13.4. The van der Waals surface area contributed by atoms with Crippen molar-refractivity contribution < 1.29 is 19.8 Å². The van der Waals surface area contributed by atoms with E-state index in [-0.39, 0.29) is 17.5 Å². The van der Waals surface area contributed by atoms with E-state index in [9.17, 15) is 19.8 Å². The van der Waals surface area contributed by atoms with Crippen LogP contribution in [0.25, 0.3) is 10.4 Å². The number of aliphatic hydroxyl groups excluding tert-OH is 1. The van der Waals surface area contributed by atoms with Gasteiger partial charge in [-0.2, -0.15) is 0 Å². The molecule has 3 rings (SSSR count). The van der Waals surface area contributed by atoms with Crippen molar-refractivity contribution in [1.29, 1.82) is 0 Å². The van der Waals surface area contributed by atoms with Crippen LogP contribution < -0.4 is 4.90 Å². The number of thiophene rings is 1. The molecule has 0 aliphatic heterocycles. The molecule has 0 unspecified atom stereocenters. The van der Waals surface area contributed by atoms with Crippen molar-refractivity contribution in [2.24, 2.45) is 11.8 Å². The van der Waals surface area contributed by atoms with Crippen molar-refractivity contribution in [1.82, 2.24) is 0 Å². The zero-order valence-electron chi connectivity index (χ0n) is 16.5. The second kappa shape index (κ2) is 8.45. The fraction of sp³-hybridized carbons (Fsp3) is 0.455. The van der Waals surface area contributed by atoms with Crippen molar-refractivity contribution in [3.63, 3.8) is 0 Å². The monoisotopic (exact) mass is 401 g/mol. The van der Waals surface area contributed by atoms with E-state index in [4.69, 9.17) is 0 Å². The molecule has 1 fully saturated rings. The van der Waals surface area contributed by atoms with Gasteiger partial charge in [0.05, 0.1) is 17.6 Å². The van der Waals surface area contributed by atoms with Crippen molar-refractivity contribution in [3.05, 3.63) is 42.0 Å². The van der Waals surface area contributed by atoms with Gasteiger partial charge in [-0.25, -0.2) is 4.79 Å². The molecule has 0 spiro atoms. The number of carbonyl (C=O) groups excluding carboxylic acids is 1. The van der Waals surface area contributed by atoms with Crippen molar-refractivity contribution in [3.8, 4) is 10.4 Å². The summed E-state index contributed by atoms with van der Waals surface area (Å²) in [5, 5.41) is 20.7. The van der Waals surface area contributed by atoms with Crippen LogP contribution >= 0.6 is 11.3 Å². The van der Waals surface area contributed by atoms with Crippen LogP contribution in [0.15, 0.2) is 36.4 Å². The average molecular weight is 402 g/mol. The number of anilines is 1. The molecule has 1 aromatic carbocycles. The third-order valence-electron chi connectivity index (χ3n) is 5.37. The van der Waals surface area contributed by atoms with E-state index < -0.39 is 18.0 Å². The van der Waals surface area contributed by atoms with E-state index in [1.165, 1.54) is 11.3 Å². The minimum atomic E-state index is -1.05. The Kier molecular flexibility index (Phi) is 6.20. The third-order valence-corrected chi connectivity index (χ3v) is 6.55. The van der Waals surface area contributed by atoms with E-state index >= 15 is 0 Å². The first-order valence-electron chi connectivity index (χ1n) is 9.73. The molecule has 0 saturated heterocycles.